The number of benzene rings is 2. The molecule has 0 radical (unpaired) electrons. The summed E-state index contributed by atoms with van der Waals surface area (Å²) in [6.07, 6.45) is 1.47. The maximum Gasteiger partial charge on any atom is 0.255 e. The Kier molecular flexibility index (Phi) is 7.11. The number of rotatable bonds is 7. The van der Waals surface area contributed by atoms with Gasteiger partial charge >= 0.3 is 0 Å². The van der Waals surface area contributed by atoms with Crippen LogP contribution in [0.1, 0.15) is 11.1 Å². The molecule has 27 heavy (non-hydrogen) atoms. The second kappa shape index (κ2) is 9.12. The fourth-order valence-electron chi connectivity index (χ4n) is 2.20. The zero-order valence-electron chi connectivity index (χ0n) is 15.1. The Labute approximate surface area is 167 Å². The van der Waals surface area contributed by atoms with Crippen LogP contribution < -0.4 is 10.2 Å². The highest BCUT2D eigenvalue weighted by Gasteiger charge is 2.26. The molecule has 7 nitrogen and oxygen atoms in total. The molecule has 0 fully saturated rings. The molecule has 144 valence electrons. The van der Waals surface area contributed by atoms with E-state index in [4.69, 9.17) is 4.74 Å². The van der Waals surface area contributed by atoms with Crippen molar-refractivity contribution in [3.05, 3.63) is 58.1 Å². The van der Waals surface area contributed by atoms with E-state index in [9.17, 15) is 13.2 Å². The van der Waals surface area contributed by atoms with E-state index < -0.39 is 15.9 Å². The number of carbonyl (C=O) groups is 1. The zero-order chi connectivity index (χ0) is 20.0. The number of carbonyl (C=O) groups excluding carboxylic acids is 1. The molecule has 0 atom stereocenters. The topological polar surface area (TPSA) is 88.1 Å². The fourth-order valence-corrected chi connectivity index (χ4v) is 3.83. The highest BCUT2D eigenvalue weighted by molar-refractivity contribution is 9.10. The summed E-state index contributed by atoms with van der Waals surface area (Å²) in [6.45, 7) is 1.40. The lowest BCUT2D eigenvalue weighted by atomic mass is 10.2. The van der Waals surface area contributed by atoms with Gasteiger partial charge in [0.05, 0.1) is 19.9 Å². The van der Waals surface area contributed by atoms with E-state index in [1.54, 1.807) is 19.1 Å². The smallest absolute Gasteiger partial charge is 0.255 e. The SMILES string of the molecule is COc1ccc(C)cc1S(=O)(=O)N(C)CC(=O)N/N=C/c1ccc(Br)cc1. The average molecular weight is 454 g/mol. The number of ether oxygens (including phenoxy) is 1. The molecule has 1 N–H and O–H groups in total. The minimum Gasteiger partial charge on any atom is -0.495 e. The molecule has 0 saturated carbocycles. The van der Waals surface area contributed by atoms with E-state index >= 15 is 0 Å². The maximum atomic E-state index is 12.7. The monoisotopic (exact) mass is 453 g/mol. The van der Waals surface area contributed by atoms with Crippen molar-refractivity contribution in [3.8, 4) is 5.75 Å². The van der Waals surface area contributed by atoms with Gasteiger partial charge in [-0.3, -0.25) is 4.79 Å². The molecule has 0 saturated heterocycles. The number of nitrogens with zero attached hydrogens (tertiary/aromatic N) is 2. The molecule has 0 bridgehead atoms. The van der Waals surface area contributed by atoms with E-state index in [1.165, 1.54) is 26.4 Å². The second-order valence-corrected chi connectivity index (χ2v) is 8.69. The summed E-state index contributed by atoms with van der Waals surface area (Å²) >= 11 is 3.33. The quantitative estimate of drug-likeness (QED) is 0.515. The number of hydrogen-bond donors (Lipinski definition) is 1. The van der Waals surface area contributed by atoms with Crippen molar-refractivity contribution in [3.63, 3.8) is 0 Å². The third kappa shape index (κ3) is 5.62. The fraction of sp³-hybridized carbons (Fsp3) is 0.222. The Hall–Kier alpha value is -2.23. The van der Waals surface area contributed by atoms with Crippen molar-refractivity contribution >= 4 is 38.1 Å². The largest absolute Gasteiger partial charge is 0.495 e. The first kappa shape index (κ1) is 21.1. The average Bonchev–Trinajstić information content (AvgIpc) is 2.63. The first-order chi connectivity index (χ1) is 12.7. The Morgan fingerprint density at radius 3 is 2.56 bits per heavy atom. The van der Waals surface area contributed by atoms with Crippen LogP contribution in [-0.4, -0.2) is 45.5 Å². The summed E-state index contributed by atoms with van der Waals surface area (Å²) < 4.78 is 32.5. The van der Waals surface area contributed by atoms with Crippen molar-refractivity contribution < 1.29 is 17.9 Å². The molecule has 2 aromatic rings. The lowest BCUT2D eigenvalue weighted by Gasteiger charge is -2.18. The molecule has 0 heterocycles. The number of amides is 1. The van der Waals surface area contributed by atoms with Crippen LogP contribution in [0, 0.1) is 6.92 Å². The van der Waals surface area contributed by atoms with Gasteiger partial charge in [0.25, 0.3) is 5.91 Å². The van der Waals surface area contributed by atoms with Gasteiger partial charge in [-0.2, -0.15) is 9.41 Å². The Morgan fingerprint density at radius 2 is 1.93 bits per heavy atom. The van der Waals surface area contributed by atoms with Crippen LogP contribution in [0.5, 0.6) is 5.75 Å². The van der Waals surface area contributed by atoms with Crippen LogP contribution in [-0.2, 0) is 14.8 Å². The molecule has 0 aliphatic carbocycles. The Balaban J connectivity index is 2.04. The van der Waals surface area contributed by atoms with E-state index in [2.05, 4.69) is 26.5 Å². The Morgan fingerprint density at radius 1 is 1.26 bits per heavy atom. The first-order valence-corrected chi connectivity index (χ1v) is 10.2. The lowest BCUT2D eigenvalue weighted by molar-refractivity contribution is -0.121. The number of nitrogens with one attached hydrogen (secondary N) is 1. The van der Waals surface area contributed by atoms with Crippen LogP contribution in [0.4, 0.5) is 0 Å². The van der Waals surface area contributed by atoms with Gasteiger partial charge in [0.2, 0.25) is 10.0 Å². The molecule has 0 aromatic heterocycles. The van der Waals surface area contributed by atoms with E-state index in [0.29, 0.717) is 0 Å². The molecular weight excluding hydrogens is 434 g/mol. The van der Waals surface area contributed by atoms with Crippen LogP contribution >= 0.6 is 15.9 Å². The molecule has 0 aliphatic rings. The molecule has 0 aliphatic heterocycles. The molecule has 0 spiro atoms. The van der Waals surface area contributed by atoms with Crippen LogP contribution in [0.3, 0.4) is 0 Å². The minimum absolute atomic E-state index is 0.0127. The van der Waals surface area contributed by atoms with Crippen molar-refractivity contribution in [1.82, 2.24) is 9.73 Å². The lowest BCUT2D eigenvalue weighted by Crippen LogP contribution is -2.36. The normalized spacial score (nSPS) is 11.7. The van der Waals surface area contributed by atoms with E-state index in [-0.39, 0.29) is 17.2 Å². The number of hydrazone groups is 1. The predicted molar refractivity (Wildman–Crippen MR) is 107 cm³/mol. The molecule has 2 rings (SSSR count). The van der Waals surface area contributed by atoms with Gasteiger partial charge in [0, 0.05) is 11.5 Å². The van der Waals surface area contributed by atoms with Gasteiger partial charge < -0.3 is 4.74 Å². The second-order valence-electron chi connectivity index (χ2n) is 5.76. The molecule has 0 unspecified atom stereocenters. The van der Waals surface area contributed by atoms with Gasteiger partial charge in [0.1, 0.15) is 10.6 Å². The van der Waals surface area contributed by atoms with Gasteiger partial charge in [-0.05, 0) is 42.3 Å². The van der Waals surface area contributed by atoms with Crippen LogP contribution in [0.25, 0.3) is 0 Å². The molecule has 2 aromatic carbocycles. The predicted octanol–water partition coefficient (Wildman–Crippen LogP) is 2.54. The zero-order valence-corrected chi connectivity index (χ0v) is 17.5. The summed E-state index contributed by atoms with van der Waals surface area (Å²) in [5, 5.41) is 3.84. The summed E-state index contributed by atoms with van der Waals surface area (Å²) in [7, 11) is -1.17. The Bertz CT molecular complexity index is 944. The highest BCUT2D eigenvalue weighted by Crippen LogP contribution is 2.27. The molecule has 9 heteroatoms. The van der Waals surface area contributed by atoms with Crippen molar-refractivity contribution in [2.24, 2.45) is 5.10 Å². The highest BCUT2D eigenvalue weighted by atomic mass is 79.9. The van der Waals surface area contributed by atoms with Gasteiger partial charge in [-0.15, -0.1) is 0 Å². The number of aryl methyl sites for hydroxylation is 1. The molecular formula is C18H20BrN3O4S. The van der Waals surface area contributed by atoms with Gasteiger partial charge in [-0.1, -0.05) is 34.1 Å². The number of methoxy groups -OCH3 is 1. The summed E-state index contributed by atoms with van der Waals surface area (Å²) in [6, 6.07) is 12.2. The third-order valence-electron chi connectivity index (χ3n) is 3.65. The van der Waals surface area contributed by atoms with Crippen molar-refractivity contribution in [2.75, 3.05) is 20.7 Å². The molecule has 1 amide bonds. The van der Waals surface area contributed by atoms with Gasteiger partial charge in [-0.25, -0.2) is 13.8 Å². The minimum atomic E-state index is -3.89. The summed E-state index contributed by atoms with van der Waals surface area (Å²) in [4.78, 5) is 12.0. The van der Waals surface area contributed by atoms with E-state index in [1.807, 2.05) is 24.3 Å². The third-order valence-corrected chi connectivity index (χ3v) is 6.00. The number of sulfonamides is 1. The van der Waals surface area contributed by atoms with Gasteiger partial charge in [0.15, 0.2) is 0 Å². The van der Waals surface area contributed by atoms with Crippen LogP contribution in [0.2, 0.25) is 0 Å². The number of halogens is 1. The van der Waals surface area contributed by atoms with Crippen molar-refractivity contribution in [1.29, 1.82) is 0 Å². The van der Waals surface area contributed by atoms with Crippen molar-refractivity contribution in [2.45, 2.75) is 11.8 Å². The maximum absolute atomic E-state index is 12.7. The summed E-state index contributed by atoms with van der Waals surface area (Å²) in [5.74, 6) is -0.331. The number of hydrogen-bond acceptors (Lipinski definition) is 5. The standard InChI is InChI=1S/C18H20BrN3O4S/c1-13-4-9-16(26-3)17(10-13)27(24,25)22(2)12-18(23)21-20-11-14-5-7-15(19)8-6-14/h4-11H,12H2,1-3H3,(H,21,23)/b20-11+. The summed E-state index contributed by atoms with van der Waals surface area (Å²) in [5.41, 5.74) is 3.89. The van der Waals surface area contributed by atoms with Crippen LogP contribution in [0.15, 0.2) is 56.9 Å². The van der Waals surface area contributed by atoms with E-state index in [0.717, 1.165) is 19.9 Å². The first-order valence-electron chi connectivity index (χ1n) is 7.92. The number of likely N-dealkylation sites (N-methyl/N-ethyl adjacent to an activating group) is 1.